The Bertz CT molecular complexity index is 932. The van der Waals surface area contributed by atoms with Gasteiger partial charge in [-0.05, 0) is 35.9 Å². The zero-order chi connectivity index (χ0) is 18.9. The topological polar surface area (TPSA) is 64.6 Å². The molecule has 3 rings (SSSR count). The SMILES string of the molecule is O=S(=O)(NCc1ccc2c(c1)OCCO2)c1cc(C(F)(F)F)ccc1Cl. The first-order chi connectivity index (χ1) is 12.2. The molecule has 26 heavy (non-hydrogen) atoms. The van der Waals surface area contributed by atoms with Crippen LogP contribution in [0.15, 0.2) is 41.3 Å². The van der Waals surface area contributed by atoms with E-state index in [1.165, 1.54) is 0 Å². The summed E-state index contributed by atoms with van der Waals surface area (Å²) in [6.45, 7) is 0.653. The number of nitrogens with one attached hydrogen (secondary N) is 1. The maximum absolute atomic E-state index is 12.8. The normalized spacial score (nSPS) is 14.3. The number of halogens is 4. The van der Waals surface area contributed by atoms with Crippen LogP contribution < -0.4 is 14.2 Å². The Kier molecular flexibility index (Phi) is 5.05. The van der Waals surface area contributed by atoms with Crippen molar-refractivity contribution >= 4 is 21.6 Å². The van der Waals surface area contributed by atoms with Crippen molar-refractivity contribution in [3.63, 3.8) is 0 Å². The summed E-state index contributed by atoms with van der Waals surface area (Å²) in [6.07, 6.45) is -4.68. The van der Waals surface area contributed by atoms with Crippen molar-refractivity contribution in [2.75, 3.05) is 13.2 Å². The molecule has 0 saturated carbocycles. The molecule has 1 N–H and O–H groups in total. The average Bonchev–Trinajstić information content (AvgIpc) is 2.59. The molecule has 0 fully saturated rings. The van der Waals surface area contributed by atoms with Crippen LogP contribution in [0.25, 0.3) is 0 Å². The Morgan fingerprint density at radius 1 is 1.04 bits per heavy atom. The highest BCUT2D eigenvalue weighted by Crippen LogP contribution is 2.34. The third kappa shape index (κ3) is 4.05. The minimum absolute atomic E-state index is 0.147. The zero-order valence-electron chi connectivity index (χ0n) is 13.1. The molecular weight excluding hydrogens is 395 g/mol. The van der Waals surface area contributed by atoms with E-state index >= 15 is 0 Å². The minimum Gasteiger partial charge on any atom is -0.486 e. The first-order valence-electron chi connectivity index (χ1n) is 7.42. The molecule has 140 valence electrons. The second kappa shape index (κ2) is 6.98. The number of hydrogen-bond acceptors (Lipinski definition) is 4. The van der Waals surface area contributed by atoms with Crippen molar-refractivity contribution < 1.29 is 31.1 Å². The van der Waals surface area contributed by atoms with E-state index in [1.54, 1.807) is 18.2 Å². The fourth-order valence-corrected chi connectivity index (χ4v) is 3.88. The summed E-state index contributed by atoms with van der Waals surface area (Å²) < 4.78 is 76.2. The van der Waals surface area contributed by atoms with Gasteiger partial charge in [0.15, 0.2) is 11.5 Å². The van der Waals surface area contributed by atoms with Crippen LogP contribution in [-0.2, 0) is 22.7 Å². The second-order valence-corrected chi connectivity index (χ2v) is 7.59. The van der Waals surface area contributed by atoms with Gasteiger partial charge in [0.1, 0.15) is 18.1 Å². The van der Waals surface area contributed by atoms with Crippen molar-refractivity contribution in [3.8, 4) is 11.5 Å². The summed E-state index contributed by atoms with van der Waals surface area (Å²) in [5, 5.41) is -0.298. The molecule has 2 aromatic rings. The van der Waals surface area contributed by atoms with Crippen LogP contribution in [0.5, 0.6) is 11.5 Å². The first kappa shape index (κ1) is 18.8. The first-order valence-corrected chi connectivity index (χ1v) is 9.28. The van der Waals surface area contributed by atoms with E-state index in [-0.39, 0.29) is 11.6 Å². The number of alkyl halides is 3. The summed E-state index contributed by atoms with van der Waals surface area (Å²) in [5.74, 6) is 1.02. The zero-order valence-corrected chi connectivity index (χ0v) is 14.7. The van der Waals surface area contributed by atoms with Gasteiger partial charge in [-0.1, -0.05) is 17.7 Å². The fraction of sp³-hybridized carbons (Fsp3) is 0.250. The highest BCUT2D eigenvalue weighted by molar-refractivity contribution is 7.89. The summed E-state index contributed by atoms with van der Waals surface area (Å²) in [7, 11) is -4.25. The van der Waals surface area contributed by atoms with E-state index < -0.39 is 26.7 Å². The van der Waals surface area contributed by atoms with Gasteiger partial charge in [0, 0.05) is 6.54 Å². The van der Waals surface area contributed by atoms with Gasteiger partial charge in [-0.15, -0.1) is 0 Å². The molecule has 5 nitrogen and oxygen atoms in total. The van der Waals surface area contributed by atoms with Crippen LogP contribution in [0.1, 0.15) is 11.1 Å². The van der Waals surface area contributed by atoms with E-state index in [0.29, 0.717) is 36.3 Å². The number of ether oxygens (including phenoxy) is 2. The lowest BCUT2D eigenvalue weighted by atomic mass is 10.2. The Labute approximate surface area is 152 Å². The highest BCUT2D eigenvalue weighted by atomic mass is 35.5. The van der Waals surface area contributed by atoms with Crippen LogP contribution in [0.3, 0.4) is 0 Å². The van der Waals surface area contributed by atoms with Crippen LogP contribution in [0.2, 0.25) is 5.02 Å². The molecule has 10 heteroatoms. The number of hydrogen-bond donors (Lipinski definition) is 1. The smallest absolute Gasteiger partial charge is 0.416 e. The largest absolute Gasteiger partial charge is 0.486 e. The Balaban J connectivity index is 1.81. The van der Waals surface area contributed by atoms with Gasteiger partial charge in [-0.25, -0.2) is 13.1 Å². The molecule has 1 heterocycles. The Morgan fingerprint density at radius 3 is 2.42 bits per heavy atom. The standard InChI is InChI=1S/C16H13ClF3NO4S/c17-12-3-2-11(16(18,19)20)8-15(12)26(22,23)21-9-10-1-4-13-14(7-10)25-6-5-24-13/h1-4,7-8,21H,5-6,9H2. The molecule has 0 radical (unpaired) electrons. The molecule has 1 aliphatic heterocycles. The van der Waals surface area contributed by atoms with Crippen molar-refractivity contribution in [1.29, 1.82) is 0 Å². The van der Waals surface area contributed by atoms with Gasteiger partial charge in [-0.3, -0.25) is 0 Å². The molecule has 2 aromatic carbocycles. The summed E-state index contributed by atoms with van der Waals surface area (Å²) in [5.41, 5.74) is -0.539. The lowest BCUT2D eigenvalue weighted by Gasteiger charge is -2.19. The van der Waals surface area contributed by atoms with Crippen LogP contribution in [-0.4, -0.2) is 21.6 Å². The lowest BCUT2D eigenvalue weighted by molar-refractivity contribution is -0.137. The molecule has 0 unspecified atom stereocenters. The summed E-state index contributed by atoms with van der Waals surface area (Å²) in [4.78, 5) is -0.633. The molecule has 1 aliphatic rings. The monoisotopic (exact) mass is 407 g/mol. The van der Waals surface area contributed by atoms with Gasteiger partial charge in [0.05, 0.1) is 10.6 Å². The van der Waals surface area contributed by atoms with Gasteiger partial charge >= 0.3 is 6.18 Å². The minimum atomic E-state index is -4.68. The summed E-state index contributed by atoms with van der Waals surface area (Å²) >= 11 is 5.78. The van der Waals surface area contributed by atoms with Crippen LogP contribution in [0.4, 0.5) is 13.2 Å². The van der Waals surface area contributed by atoms with Gasteiger partial charge < -0.3 is 9.47 Å². The van der Waals surface area contributed by atoms with E-state index in [2.05, 4.69) is 4.72 Å². The van der Waals surface area contributed by atoms with E-state index in [1.807, 2.05) is 0 Å². The summed E-state index contributed by atoms with van der Waals surface area (Å²) in [6, 6.07) is 7.00. The van der Waals surface area contributed by atoms with Crippen molar-refractivity contribution in [2.24, 2.45) is 0 Å². The van der Waals surface area contributed by atoms with Gasteiger partial charge in [-0.2, -0.15) is 13.2 Å². The third-order valence-corrected chi connectivity index (χ3v) is 5.50. The molecular formula is C16H13ClF3NO4S. The number of sulfonamides is 1. The number of rotatable bonds is 4. The maximum atomic E-state index is 12.8. The quantitative estimate of drug-likeness (QED) is 0.841. The number of benzene rings is 2. The van der Waals surface area contributed by atoms with Crippen molar-refractivity contribution in [2.45, 2.75) is 17.6 Å². The van der Waals surface area contributed by atoms with Gasteiger partial charge in [0.25, 0.3) is 0 Å². The molecule has 0 aliphatic carbocycles. The van der Waals surface area contributed by atoms with E-state index in [9.17, 15) is 21.6 Å². The Hall–Kier alpha value is -1.97. The Morgan fingerprint density at radius 2 is 1.73 bits per heavy atom. The molecule has 0 atom stereocenters. The molecule has 0 aromatic heterocycles. The van der Waals surface area contributed by atoms with Crippen LogP contribution in [0, 0.1) is 0 Å². The highest BCUT2D eigenvalue weighted by Gasteiger charge is 2.32. The molecule has 0 spiro atoms. The second-order valence-electron chi connectivity index (χ2n) is 5.45. The van der Waals surface area contributed by atoms with E-state index in [0.717, 1.165) is 12.1 Å². The third-order valence-electron chi connectivity index (χ3n) is 3.62. The fourth-order valence-electron chi connectivity index (χ4n) is 2.34. The maximum Gasteiger partial charge on any atom is 0.416 e. The molecule has 0 bridgehead atoms. The molecule has 0 saturated heterocycles. The van der Waals surface area contributed by atoms with Crippen LogP contribution >= 0.6 is 11.6 Å². The van der Waals surface area contributed by atoms with Gasteiger partial charge in [0.2, 0.25) is 10.0 Å². The van der Waals surface area contributed by atoms with Crippen molar-refractivity contribution in [3.05, 3.63) is 52.5 Å². The average molecular weight is 408 g/mol. The van der Waals surface area contributed by atoms with E-state index in [4.69, 9.17) is 21.1 Å². The lowest BCUT2D eigenvalue weighted by Crippen LogP contribution is -2.24. The predicted octanol–water partition coefficient (Wildman–Crippen LogP) is 3.61. The number of fused-ring (bicyclic) bond motifs is 1. The van der Waals surface area contributed by atoms with Crippen molar-refractivity contribution in [1.82, 2.24) is 4.72 Å². The molecule has 0 amide bonds. The predicted molar refractivity (Wildman–Crippen MR) is 87.9 cm³/mol.